The van der Waals surface area contributed by atoms with Crippen LogP contribution in [0.15, 0.2) is 22.7 Å². The van der Waals surface area contributed by atoms with E-state index >= 15 is 0 Å². The van der Waals surface area contributed by atoms with Crippen LogP contribution in [0.5, 0.6) is 5.75 Å². The molecule has 0 aliphatic rings. The van der Waals surface area contributed by atoms with Gasteiger partial charge in [0.15, 0.2) is 0 Å². The van der Waals surface area contributed by atoms with Crippen molar-refractivity contribution in [3.63, 3.8) is 0 Å². The minimum Gasteiger partial charge on any atom is -0.496 e. The molecule has 1 atom stereocenters. The zero-order valence-corrected chi connectivity index (χ0v) is 12.5. The lowest BCUT2D eigenvalue weighted by Crippen LogP contribution is -2.50. The average molecular weight is 316 g/mol. The molecule has 100 valence electrons. The maximum atomic E-state index is 12.0. The number of carbonyl (C=O) groups excluding carboxylic acids is 1. The summed E-state index contributed by atoms with van der Waals surface area (Å²) in [5.74, 6) is 0.436. The molecule has 0 bridgehead atoms. The van der Waals surface area contributed by atoms with Gasteiger partial charge in [-0.05, 0) is 54.9 Å². The highest BCUT2D eigenvalue weighted by Gasteiger charge is 2.26. The van der Waals surface area contributed by atoms with E-state index in [4.69, 9.17) is 4.74 Å². The lowest BCUT2D eigenvalue weighted by atomic mass is 9.98. The van der Waals surface area contributed by atoms with Gasteiger partial charge in [0.2, 0.25) is 0 Å². The number of methoxy groups -OCH3 is 1. The summed E-state index contributed by atoms with van der Waals surface area (Å²) in [6.45, 7) is 5.19. The average Bonchev–Trinajstić information content (AvgIpc) is 2.28. The number of hydrogen-bond donors (Lipinski definition) is 2. The van der Waals surface area contributed by atoms with Crippen LogP contribution in [0, 0.1) is 0 Å². The van der Waals surface area contributed by atoms with Crippen molar-refractivity contribution >= 4 is 21.8 Å². The van der Waals surface area contributed by atoms with E-state index < -0.39 is 11.6 Å². The van der Waals surface area contributed by atoms with Crippen LogP contribution in [0.1, 0.15) is 31.1 Å². The van der Waals surface area contributed by atoms with E-state index in [1.807, 2.05) is 0 Å². The van der Waals surface area contributed by atoms with E-state index in [0.29, 0.717) is 15.8 Å². The predicted molar refractivity (Wildman–Crippen MR) is 73.9 cm³/mol. The van der Waals surface area contributed by atoms with E-state index in [1.165, 1.54) is 0 Å². The maximum Gasteiger partial charge on any atom is 0.251 e. The SMILES string of the molecule is COc1ccc(C(=O)NC(C)(C)C(C)O)cc1Br. The van der Waals surface area contributed by atoms with Gasteiger partial charge in [-0.2, -0.15) is 0 Å². The summed E-state index contributed by atoms with van der Waals surface area (Å²) >= 11 is 3.33. The number of benzene rings is 1. The Morgan fingerprint density at radius 1 is 1.50 bits per heavy atom. The molecule has 1 rings (SSSR count). The molecule has 0 radical (unpaired) electrons. The van der Waals surface area contributed by atoms with Crippen molar-refractivity contribution in [1.29, 1.82) is 0 Å². The van der Waals surface area contributed by atoms with Gasteiger partial charge in [-0.1, -0.05) is 0 Å². The lowest BCUT2D eigenvalue weighted by molar-refractivity contribution is 0.0709. The molecule has 0 aromatic heterocycles. The number of amides is 1. The van der Waals surface area contributed by atoms with Crippen LogP contribution in [-0.4, -0.2) is 29.8 Å². The third-order valence-corrected chi connectivity index (χ3v) is 3.51. The van der Waals surface area contributed by atoms with Crippen LogP contribution in [0.2, 0.25) is 0 Å². The number of halogens is 1. The Labute approximate surface area is 115 Å². The molecule has 0 saturated heterocycles. The smallest absolute Gasteiger partial charge is 0.251 e. The summed E-state index contributed by atoms with van der Waals surface area (Å²) in [5.41, 5.74) is -0.167. The Kier molecular flexibility index (Phi) is 4.76. The Morgan fingerprint density at radius 2 is 2.11 bits per heavy atom. The first-order chi connectivity index (χ1) is 8.27. The van der Waals surface area contributed by atoms with E-state index in [2.05, 4.69) is 21.2 Å². The zero-order chi connectivity index (χ0) is 13.9. The Hall–Kier alpha value is -1.07. The van der Waals surface area contributed by atoms with Crippen LogP contribution in [0.4, 0.5) is 0 Å². The van der Waals surface area contributed by atoms with E-state index in [9.17, 15) is 9.90 Å². The molecule has 18 heavy (non-hydrogen) atoms. The molecule has 0 spiro atoms. The summed E-state index contributed by atoms with van der Waals surface area (Å²) in [5, 5.41) is 12.4. The Bertz CT molecular complexity index is 444. The van der Waals surface area contributed by atoms with Gasteiger partial charge in [0.1, 0.15) is 5.75 Å². The maximum absolute atomic E-state index is 12.0. The highest BCUT2D eigenvalue weighted by atomic mass is 79.9. The van der Waals surface area contributed by atoms with Gasteiger partial charge >= 0.3 is 0 Å². The number of carbonyl (C=O) groups is 1. The molecule has 1 unspecified atom stereocenters. The second-order valence-corrected chi connectivity index (χ2v) is 5.56. The first kappa shape index (κ1) is 15.0. The van der Waals surface area contributed by atoms with Gasteiger partial charge < -0.3 is 15.2 Å². The monoisotopic (exact) mass is 315 g/mol. The molecular weight excluding hydrogens is 298 g/mol. The van der Waals surface area contributed by atoms with Gasteiger partial charge in [-0.25, -0.2) is 0 Å². The molecule has 1 aromatic rings. The molecule has 0 aliphatic heterocycles. The third-order valence-electron chi connectivity index (χ3n) is 2.89. The number of ether oxygens (including phenoxy) is 1. The predicted octanol–water partition coefficient (Wildman–Crippen LogP) is 2.35. The van der Waals surface area contributed by atoms with Crippen molar-refractivity contribution in [1.82, 2.24) is 5.32 Å². The van der Waals surface area contributed by atoms with Gasteiger partial charge in [0.25, 0.3) is 5.91 Å². The molecule has 0 fully saturated rings. The van der Waals surface area contributed by atoms with E-state index in [0.717, 1.165) is 0 Å². The van der Waals surface area contributed by atoms with Crippen LogP contribution in [0.3, 0.4) is 0 Å². The van der Waals surface area contributed by atoms with E-state index in [-0.39, 0.29) is 5.91 Å². The Balaban J connectivity index is 2.89. The number of rotatable bonds is 4. The quantitative estimate of drug-likeness (QED) is 0.896. The first-order valence-corrected chi connectivity index (χ1v) is 6.41. The largest absolute Gasteiger partial charge is 0.496 e. The molecule has 1 amide bonds. The molecular formula is C13H18BrNO3. The second kappa shape index (κ2) is 5.71. The fourth-order valence-corrected chi connectivity index (χ4v) is 1.82. The minimum absolute atomic E-state index is 0.232. The van der Waals surface area contributed by atoms with Crippen molar-refractivity contribution in [2.75, 3.05) is 7.11 Å². The van der Waals surface area contributed by atoms with E-state index in [1.54, 1.807) is 46.1 Å². The fourth-order valence-electron chi connectivity index (χ4n) is 1.28. The van der Waals surface area contributed by atoms with Crippen LogP contribution < -0.4 is 10.1 Å². The number of nitrogens with one attached hydrogen (secondary N) is 1. The number of aliphatic hydroxyl groups is 1. The highest BCUT2D eigenvalue weighted by molar-refractivity contribution is 9.10. The Morgan fingerprint density at radius 3 is 2.56 bits per heavy atom. The van der Waals surface area contributed by atoms with Crippen molar-refractivity contribution in [3.8, 4) is 5.75 Å². The highest BCUT2D eigenvalue weighted by Crippen LogP contribution is 2.25. The zero-order valence-electron chi connectivity index (χ0n) is 11.0. The summed E-state index contributed by atoms with van der Waals surface area (Å²) < 4.78 is 5.82. The standard InChI is InChI=1S/C13H18BrNO3/c1-8(16)13(2,3)15-12(17)9-5-6-11(18-4)10(14)7-9/h5-8,16H,1-4H3,(H,15,17). The summed E-state index contributed by atoms with van der Waals surface area (Å²) in [6, 6.07) is 5.08. The van der Waals surface area contributed by atoms with Crippen LogP contribution in [0.25, 0.3) is 0 Å². The molecule has 5 heteroatoms. The molecule has 0 aliphatic carbocycles. The normalized spacial score (nSPS) is 13.0. The van der Waals surface area contributed by atoms with Crippen molar-refractivity contribution in [2.45, 2.75) is 32.4 Å². The molecule has 4 nitrogen and oxygen atoms in total. The molecule has 2 N–H and O–H groups in total. The van der Waals surface area contributed by atoms with Crippen LogP contribution >= 0.6 is 15.9 Å². The first-order valence-electron chi connectivity index (χ1n) is 5.62. The van der Waals surface area contributed by atoms with Gasteiger partial charge in [0, 0.05) is 5.56 Å². The third kappa shape index (κ3) is 3.46. The van der Waals surface area contributed by atoms with Gasteiger partial charge in [-0.3, -0.25) is 4.79 Å². The fraction of sp³-hybridized carbons (Fsp3) is 0.462. The topological polar surface area (TPSA) is 58.6 Å². The molecule has 1 aromatic carbocycles. The van der Waals surface area contributed by atoms with Crippen molar-refractivity contribution in [3.05, 3.63) is 28.2 Å². The van der Waals surface area contributed by atoms with Crippen molar-refractivity contribution < 1.29 is 14.6 Å². The lowest BCUT2D eigenvalue weighted by Gasteiger charge is -2.29. The summed E-state index contributed by atoms with van der Waals surface area (Å²) in [7, 11) is 1.57. The van der Waals surface area contributed by atoms with Crippen molar-refractivity contribution in [2.24, 2.45) is 0 Å². The minimum atomic E-state index is -0.677. The number of hydrogen-bond acceptors (Lipinski definition) is 3. The number of aliphatic hydroxyl groups excluding tert-OH is 1. The van der Waals surface area contributed by atoms with Gasteiger partial charge in [-0.15, -0.1) is 0 Å². The summed E-state index contributed by atoms with van der Waals surface area (Å²) in [6.07, 6.45) is -0.636. The molecule has 0 heterocycles. The van der Waals surface area contributed by atoms with Crippen LogP contribution in [-0.2, 0) is 0 Å². The summed E-state index contributed by atoms with van der Waals surface area (Å²) in [4.78, 5) is 12.0. The van der Waals surface area contributed by atoms with Gasteiger partial charge in [0.05, 0.1) is 23.2 Å². The second-order valence-electron chi connectivity index (χ2n) is 4.70. The molecule has 0 saturated carbocycles.